The molecule has 194 valence electrons. The van der Waals surface area contributed by atoms with E-state index in [4.69, 9.17) is 9.72 Å². The first-order chi connectivity index (χ1) is 18.3. The number of nitrogens with zero attached hydrogens (tertiary/aromatic N) is 4. The zero-order valence-corrected chi connectivity index (χ0v) is 23.9. The summed E-state index contributed by atoms with van der Waals surface area (Å²) in [5.41, 5.74) is 6.63. The number of hydrogen-bond acceptors (Lipinski definition) is 7. The van der Waals surface area contributed by atoms with E-state index in [9.17, 15) is 0 Å². The number of aryl methyl sites for hydroxylation is 1. The van der Waals surface area contributed by atoms with E-state index < -0.39 is 0 Å². The van der Waals surface area contributed by atoms with E-state index in [0.717, 1.165) is 44.5 Å². The third-order valence-corrected chi connectivity index (χ3v) is 7.95. The van der Waals surface area contributed by atoms with Crippen molar-refractivity contribution >= 4 is 33.9 Å². The van der Waals surface area contributed by atoms with Crippen LogP contribution in [0.15, 0.2) is 83.3 Å². The lowest BCUT2D eigenvalue weighted by Gasteiger charge is -2.19. The number of ether oxygens (including phenoxy) is 1. The van der Waals surface area contributed by atoms with E-state index in [1.54, 1.807) is 30.2 Å². The van der Waals surface area contributed by atoms with Gasteiger partial charge in [-0.2, -0.15) is 0 Å². The van der Waals surface area contributed by atoms with Gasteiger partial charge in [-0.15, -0.1) is 21.5 Å². The van der Waals surface area contributed by atoms with E-state index in [2.05, 4.69) is 102 Å². The molecule has 1 N–H and O–H groups in total. The highest BCUT2D eigenvalue weighted by molar-refractivity contribution is 7.98. The normalized spacial score (nSPS) is 11.5. The molecular formula is C30H31N5OS2. The van der Waals surface area contributed by atoms with Crippen molar-refractivity contribution in [2.75, 3.05) is 12.4 Å². The number of anilines is 2. The summed E-state index contributed by atoms with van der Waals surface area (Å²) in [4.78, 5) is 4.78. The number of hydrogen-bond donors (Lipinski definition) is 1. The Balaban J connectivity index is 1.40. The number of thioether (sulfide) groups is 1. The van der Waals surface area contributed by atoms with E-state index >= 15 is 0 Å². The summed E-state index contributed by atoms with van der Waals surface area (Å²) in [6, 6.07) is 24.9. The zero-order chi connectivity index (χ0) is 26.7. The number of rotatable bonds is 8. The fraction of sp³-hybridized carbons (Fsp3) is 0.233. The Kier molecular flexibility index (Phi) is 7.53. The highest BCUT2D eigenvalue weighted by Gasteiger charge is 2.19. The van der Waals surface area contributed by atoms with Gasteiger partial charge in [-0.05, 0) is 54.3 Å². The molecule has 0 fully saturated rings. The number of aromatic nitrogens is 4. The fourth-order valence-corrected chi connectivity index (χ4v) is 5.64. The molecular weight excluding hydrogens is 510 g/mol. The largest absolute Gasteiger partial charge is 0.497 e. The van der Waals surface area contributed by atoms with Crippen molar-refractivity contribution in [1.82, 2.24) is 19.7 Å². The number of nitrogens with one attached hydrogen (secondary N) is 1. The van der Waals surface area contributed by atoms with Crippen LogP contribution < -0.4 is 10.1 Å². The molecule has 0 aliphatic carbocycles. The smallest absolute Gasteiger partial charge is 0.196 e. The SMILES string of the molecule is COc1ccc(-n2c(SCc3csc(Nc4ccc(C)cc4)n3)nnc2-c2ccc(C(C)(C)C)cc2)cc1. The molecule has 0 bridgehead atoms. The van der Waals surface area contributed by atoms with Crippen molar-refractivity contribution in [3.8, 4) is 22.8 Å². The van der Waals surface area contributed by atoms with Gasteiger partial charge in [0.05, 0.1) is 12.8 Å². The Labute approximate surface area is 232 Å². The molecule has 0 aliphatic heterocycles. The van der Waals surface area contributed by atoms with E-state index in [-0.39, 0.29) is 5.41 Å². The van der Waals surface area contributed by atoms with Crippen molar-refractivity contribution in [3.63, 3.8) is 0 Å². The minimum atomic E-state index is 0.0872. The minimum Gasteiger partial charge on any atom is -0.497 e. The molecule has 5 rings (SSSR count). The van der Waals surface area contributed by atoms with Crippen LogP contribution >= 0.6 is 23.1 Å². The van der Waals surface area contributed by atoms with Crippen LogP contribution in [0, 0.1) is 6.92 Å². The van der Waals surface area contributed by atoms with Crippen molar-refractivity contribution < 1.29 is 4.74 Å². The number of thiazole rings is 1. The number of benzene rings is 3. The monoisotopic (exact) mass is 541 g/mol. The standard InChI is InChI=1S/C30H31N5OS2/c1-20-6-12-23(13-7-20)31-28-32-24(18-37-28)19-38-29-34-33-27(21-8-10-22(11-9-21)30(2,3)4)35(29)25-14-16-26(36-5)17-15-25/h6-18H,19H2,1-5H3,(H,31,32). The third kappa shape index (κ3) is 5.92. The van der Waals surface area contributed by atoms with Crippen LogP contribution in [-0.4, -0.2) is 26.9 Å². The second kappa shape index (κ2) is 11.0. The van der Waals surface area contributed by atoms with Crippen molar-refractivity contribution in [1.29, 1.82) is 0 Å². The molecule has 0 spiro atoms. The van der Waals surface area contributed by atoms with Gasteiger partial charge in [0.15, 0.2) is 16.1 Å². The Morgan fingerprint density at radius 3 is 2.29 bits per heavy atom. The second-order valence-electron chi connectivity index (χ2n) is 10.1. The lowest BCUT2D eigenvalue weighted by Crippen LogP contribution is -2.10. The maximum atomic E-state index is 5.37. The molecule has 38 heavy (non-hydrogen) atoms. The second-order valence-corrected chi connectivity index (χ2v) is 11.9. The Morgan fingerprint density at radius 1 is 0.921 bits per heavy atom. The molecule has 6 nitrogen and oxygen atoms in total. The summed E-state index contributed by atoms with van der Waals surface area (Å²) in [6.45, 7) is 8.74. The molecule has 0 amide bonds. The molecule has 3 aromatic carbocycles. The van der Waals surface area contributed by atoms with Crippen molar-refractivity contribution in [3.05, 3.63) is 95.0 Å². The zero-order valence-electron chi connectivity index (χ0n) is 22.2. The first-order valence-electron chi connectivity index (χ1n) is 12.4. The Morgan fingerprint density at radius 2 is 1.63 bits per heavy atom. The maximum absolute atomic E-state index is 5.37. The summed E-state index contributed by atoms with van der Waals surface area (Å²) < 4.78 is 7.48. The molecule has 0 atom stereocenters. The van der Waals surface area contributed by atoms with Crippen LogP contribution in [0.5, 0.6) is 5.75 Å². The van der Waals surface area contributed by atoms with Crippen molar-refractivity contribution in [2.45, 2.75) is 44.0 Å². The quantitative estimate of drug-likeness (QED) is 0.201. The van der Waals surface area contributed by atoms with E-state index in [1.807, 2.05) is 24.3 Å². The van der Waals surface area contributed by atoms with Gasteiger partial charge in [0.25, 0.3) is 0 Å². The van der Waals surface area contributed by atoms with Crippen LogP contribution in [-0.2, 0) is 11.2 Å². The first kappa shape index (κ1) is 26.0. The predicted octanol–water partition coefficient (Wildman–Crippen LogP) is 8.04. The predicted molar refractivity (Wildman–Crippen MR) is 158 cm³/mol. The van der Waals surface area contributed by atoms with Crippen LogP contribution in [0.4, 0.5) is 10.8 Å². The molecule has 5 aromatic rings. The van der Waals surface area contributed by atoms with E-state index in [0.29, 0.717) is 5.75 Å². The summed E-state index contributed by atoms with van der Waals surface area (Å²) in [5, 5.41) is 16.4. The third-order valence-electron chi connectivity index (χ3n) is 6.18. The summed E-state index contributed by atoms with van der Waals surface area (Å²) >= 11 is 3.23. The summed E-state index contributed by atoms with van der Waals surface area (Å²) in [7, 11) is 1.67. The highest BCUT2D eigenvalue weighted by atomic mass is 32.2. The van der Waals surface area contributed by atoms with Gasteiger partial charge >= 0.3 is 0 Å². The Bertz CT molecular complexity index is 1500. The molecule has 2 heterocycles. The molecule has 0 aliphatic rings. The summed E-state index contributed by atoms with van der Waals surface area (Å²) in [5.74, 6) is 2.30. The van der Waals surface area contributed by atoms with Gasteiger partial charge in [-0.3, -0.25) is 4.57 Å². The highest BCUT2D eigenvalue weighted by Crippen LogP contribution is 2.33. The van der Waals surface area contributed by atoms with E-state index in [1.165, 1.54) is 11.1 Å². The Hall–Kier alpha value is -3.62. The molecule has 2 aromatic heterocycles. The van der Waals surface area contributed by atoms with Gasteiger partial charge < -0.3 is 10.1 Å². The fourth-order valence-electron chi connectivity index (χ4n) is 3.96. The number of methoxy groups -OCH3 is 1. The average molecular weight is 542 g/mol. The van der Waals surface area contributed by atoms with Gasteiger partial charge in [0.2, 0.25) is 0 Å². The summed E-state index contributed by atoms with van der Waals surface area (Å²) in [6.07, 6.45) is 0. The van der Waals surface area contributed by atoms with Crippen molar-refractivity contribution in [2.24, 2.45) is 0 Å². The molecule has 0 saturated carbocycles. The average Bonchev–Trinajstić information content (AvgIpc) is 3.55. The lowest BCUT2D eigenvalue weighted by molar-refractivity contribution is 0.414. The minimum absolute atomic E-state index is 0.0872. The first-order valence-corrected chi connectivity index (χ1v) is 14.3. The molecule has 8 heteroatoms. The molecule has 0 radical (unpaired) electrons. The molecule has 0 unspecified atom stereocenters. The van der Waals surface area contributed by atoms with Crippen LogP contribution in [0.1, 0.15) is 37.6 Å². The van der Waals surface area contributed by atoms with Gasteiger partial charge in [-0.25, -0.2) is 4.98 Å². The van der Waals surface area contributed by atoms with Crippen LogP contribution in [0.25, 0.3) is 17.1 Å². The van der Waals surface area contributed by atoms with Gasteiger partial charge in [0.1, 0.15) is 5.75 Å². The van der Waals surface area contributed by atoms with Crippen LogP contribution in [0.2, 0.25) is 0 Å². The molecule has 0 saturated heterocycles. The topological polar surface area (TPSA) is 64.9 Å². The van der Waals surface area contributed by atoms with Crippen LogP contribution in [0.3, 0.4) is 0 Å². The lowest BCUT2D eigenvalue weighted by atomic mass is 9.87. The van der Waals surface area contributed by atoms with Gasteiger partial charge in [0, 0.05) is 28.1 Å². The maximum Gasteiger partial charge on any atom is 0.196 e. The van der Waals surface area contributed by atoms with Gasteiger partial charge in [-0.1, -0.05) is 74.5 Å².